The molecular weight excluding hydrogens is 189 g/mol. The molecule has 9 heavy (non-hydrogen) atoms. The topological polar surface area (TPSA) is 57.6 Å². The van der Waals surface area contributed by atoms with Crippen LogP contribution in [0.4, 0.5) is 0 Å². The van der Waals surface area contributed by atoms with Gasteiger partial charge in [0.15, 0.2) is 0 Å². The first-order chi connectivity index (χ1) is 3.92. The van der Waals surface area contributed by atoms with Crippen LogP contribution in [0.3, 0.4) is 0 Å². The molecule has 5 heteroatoms. The molecule has 0 aromatic rings. The van der Waals surface area contributed by atoms with Crippen LogP contribution in [0.25, 0.3) is 0 Å². The van der Waals surface area contributed by atoms with Gasteiger partial charge in [-0.1, -0.05) is 0 Å². The second-order valence-corrected chi connectivity index (χ2v) is 5.39. The maximum atomic E-state index is 10.1. The fraction of sp³-hybridized carbons (Fsp3) is 1.00. The molecule has 0 aromatic carbocycles. The van der Waals surface area contributed by atoms with Gasteiger partial charge in [0.25, 0.3) is 0 Å². The van der Waals surface area contributed by atoms with Crippen molar-refractivity contribution in [1.82, 2.24) is 4.90 Å². The van der Waals surface area contributed by atoms with Crippen LogP contribution >= 0.6 is 0 Å². The molecule has 0 aromatic heterocycles. The molecule has 0 amide bonds. The third-order valence-electron chi connectivity index (χ3n) is 0.796. The Balaban J connectivity index is 3.53. The van der Waals surface area contributed by atoms with Crippen molar-refractivity contribution in [3.63, 3.8) is 0 Å². The van der Waals surface area contributed by atoms with E-state index >= 15 is 0 Å². The van der Waals surface area contributed by atoms with Crippen LogP contribution in [0.2, 0.25) is 5.32 Å². The quantitative estimate of drug-likeness (QED) is 0.614. The Morgan fingerprint density at radius 2 is 1.89 bits per heavy atom. The van der Waals surface area contributed by atoms with Crippen LogP contribution in [0.15, 0.2) is 0 Å². The summed E-state index contributed by atoms with van der Waals surface area (Å²) in [6, 6.07) is 0. The van der Waals surface area contributed by atoms with Crippen LogP contribution in [-0.2, 0) is 7.67 Å². The molecule has 0 atom stereocenters. The zero-order valence-corrected chi connectivity index (χ0v) is 7.25. The van der Waals surface area contributed by atoms with Crippen LogP contribution in [-0.4, -0.2) is 42.8 Å². The molecule has 0 rings (SSSR count). The van der Waals surface area contributed by atoms with E-state index in [9.17, 15) is 7.67 Å². The summed E-state index contributed by atoms with van der Waals surface area (Å²) in [5, 5.41) is -0.122. The Morgan fingerprint density at radius 1 is 1.44 bits per heavy atom. The molecule has 0 saturated heterocycles. The zero-order chi connectivity index (χ0) is 7.49. The molecule has 0 aliphatic heterocycles. The minimum atomic E-state index is -4.42. The maximum absolute atomic E-state index is 10.1. The summed E-state index contributed by atoms with van der Waals surface area (Å²) in [7, 11) is 3.51. The van der Waals surface area contributed by atoms with Gasteiger partial charge in [0.1, 0.15) is 0 Å². The fourth-order valence-corrected chi connectivity index (χ4v) is 1.55. The van der Waals surface area contributed by atoms with Crippen molar-refractivity contribution < 1.29 is 11.9 Å². The molecule has 0 heterocycles. The number of rotatable bonds is 3. The molecule has 0 unspecified atom stereocenters. The first-order valence-electron chi connectivity index (χ1n) is 2.52. The average molecular weight is 200 g/mol. The molecule has 0 spiro atoms. The van der Waals surface area contributed by atoms with Crippen molar-refractivity contribution in [1.29, 1.82) is 0 Å². The van der Waals surface area contributed by atoms with Crippen LogP contribution < -0.4 is 0 Å². The van der Waals surface area contributed by atoms with E-state index in [-0.39, 0.29) is 5.32 Å². The Bertz CT molecular complexity index is 161. The summed E-state index contributed by atoms with van der Waals surface area (Å²) >= 11 is -4.42. The van der Waals surface area contributed by atoms with Gasteiger partial charge >= 0.3 is 55.8 Å². The van der Waals surface area contributed by atoms with Gasteiger partial charge in [0.2, 0.25) is 0 Å². The first kappa shape index (κ1) is 9.04. The molecule has 0 radical (unpaired) electrons. The van der Waals surface area contributed by atoms with Gasteiger partial charge in [0.05, 0.1) is 0 Å². The van der Waals surface area contributed by atoms with E-state index in [1.165, 1.54) is 0 Å². The van der Waals surface area contributed by atoms with Gasteiger partial charge in [-0.3, -0.25) is 0 Å². The van der Waals surface area contributed by atoms with Crippen molar-refractivity contribution in [2.24, 2.45) is 0 Å². The molecule has 0 saturated carbocycles. The van der Waals surface area contributed by atoms with Crippen molar-refractivity contribution in [2.45, 2.75) is 5.32 Å². The van der Waals surface area contributed by atoms with Crippen molar-refractivity contribution in [3.05, 3.63) is 0 Å². The van der Waals surface area contributed by atoms with Gasteiger partial charge in [-0.25, -0.2) is 0 Å². The van der Waals surface area contributed by atoms with Gasteiger partial charge in [-0.15, -0.1) is 0 Å². The van der Waals surface area contributed by atoms with E-state index < -0.39 is 13.0 Å². The summed E-state index contributed by atoms with van der Waals surface area (Å²) in [5.41, 5.74) is 0. The van der Waals surface area contributed by atoms with Crippen LogP contribution in [0.1, 0.15) is 0 Å². The molecular formula is C4H11NO3Se. The van der Waals surface area contributed by atoms with E-state index in [1.54, 1.807) is 19.0 Å². The summed E-state index contributed by atoms with van der Waals surface area (Å²) in [6.45, 7) is 0.392. The first-order valence-corrected chi connectivity index (χ1v) is 5.89. The Labute approximate surface area is 56.4 Å². The second kappa shape index (κ2) is 3.27. The summed E-state index contributed by atoms with van der Waals surface area (Å²) in [5.74, 6) is 0. The van der Waals surface area contributed by atoms with Gasteiger partial charge in [0, 0.05) is 0 Å². The fourth-order valence-electron chi connectivity index (χ4n) is 0.298. The molecule has 4 nitrogen and oxygen atoms in total. The van der Waals surface area contributed by atoms with Crippen molar-refractivity contribution in [2.75, 3.05) is 20.6 Å². The summed E-state index contributed by atoms with van der Waals surface area (Å²) in [4.78, 5) is 1.71. The summed E-state index contributed by atoms with van der Waals surface area (Å²) in [6.07, 6.45) is 0. The minimum absolute atomic E-state index is 0.122. The summed E-state index contributed by atoms with van der Waals surface area (Å²) < 4.78 is 28.6. The van der Waals surface area contributed by atoms with Gasteiger partial charge < -0.3 is 0 Å². The third kappa shape index (κ3) is 8.04. The Morgan fingerprint density at radius 3 is 2.00 bits per heavy atom. The van der Waals surface area contributed by atoms with E-state index in [0.29, 0.717) is 6.54 Å². The Hall–Kier alpha value is 0.0395. The van der Waals surface area contributed by atoms with Crippen LogP contribution in [0, 0.1) is 0 Å². The predicted octanol–water partition coefficient (Wildman–Crippen LogP) is -0.660. The molecule has 0 aliphatic carbocycles. The molecule has 56 valence electrons. The van der Waals surface area contributed by atoms with Crippen LogP contribution in [0.5, 0.6) is 0 Å². The standard InChI is InChI=1S/C4H11NO3Se/c1-5(2)3-4-9(6,7)8/h3-4H2,1-2H3,(H,6,7,8). The zero-order valence-electron chi connectivity index (χ0n) is 5.53. The van der Waals surface area contributed by atoms with E-state index in [4.69, 9.17) is 4.19 Å². The average Bonchev–Trinajstić information content (AvgIpc) is 1.59. The van der Waals surface area contributed by atoms with E-state index in [0.717, 1.165) is 0 Å². The number of hydrogen-bond donors (Lipinski definition) is 1. The van der Waals surface area contributed by atoms with E-state index in [2.05, 4.69) is 0 Å². The number of nitrogens with zero attached hydrogens (tertiary/aromatic N) is 1. The number of hydrogen-bond acceptors (Lipinski definition) is 3. The van der Waals surface area contributed by atoms with Crippen molar-refractivity contribution in [3.8, 4) is 0 Å². The molecule has 0 aliphatic rings. The molecule has 1 N–H and O–H groups in total. The monoisotopic (exact) mass is 201 g/mol. The normalized spacial score (nSPS) is 12.4. The van der Waals surface area contributed by atoms with E-state index in [1.807, 2.05) is 0 Å². The van der Waals surface area contributed by atoms with Gasteiger partial charge in [-0.2, -0.15) is 0 Å². The van der Waals surface area contributed by atoms with Crippen molar-refractivity contribution >= 4 is 13.0 Å². The van der Waals surface area contributed by atoms with Gasteiger partial charge in [-0.05, 0) is 0 Å². The SMILES string of the molecule is CN(C)CC[Se](=O)(=O)O. The predicted molar refractivity (Wildman–Crippen MR) is 32.7 cm³/mol. The molecule has 0 bridgehead atoms. The Kier molecular flexibility index (Phi) is 3.28. The second-order valence-electron chi connectivity index (χ2n) is 2.09. The molecule has 0 fully saturated rings. The third-order valence-corrected chi connectivity index (χ3v) is 2.26.